The summed E-state index contributed by atoms with van der Waals surface area (Å²) in [6.45, 7) is 0.315. The number of ether oxygens (including phenoxy) is 3. The molecule has 0 saturated heterocycles. The molecule has 13 heteroatoms. The number of nitrogens with one attached hydrogen (secondary N) is 1. The minimum Gasteiger partial charge on any atom is -0.488 e. The van der Waals surface area contributed by atoms with Gasteiger partial charge in [0.15, 0.2) is 11.5 Å². The van der Waals surface area contributed by atoms with Crippen LogP contribution in [0.4, 0.5) is 30.7 Å². The molecule has 0 spiro atoms. The second-order valence-corrected chi connectivity index (χ2v) is 7.34. The molecule has 5 nitrogen and oxygen atoms in total. The predicted molar refractivity (Wildman–Crippen MR) is 103 cm³/mol. The fraction of sp³-hybridized carbons (Fsp3) is 0.278. The molecule has 31 heavy (non-hydrogen) atoms. The van der Waals surface area contributed by atoms with Gasteiger partial charge in [0.1, 0.15) is 12.4 Å². The van der Waals surface area contributed by atoms with E-state index in [1.807, 2.05) is 22.6 Å². The minimum atomic E-state index is -6.44. The van der Waals surface area contributed by atoms with Crippen LogP contribution < -0.4 is 19.6 Å². The van der Waals surface area contributed by atoms with E-state index in [1.54, 1.807) is 18.2 Å². The zero-order chi connectivity index (χ0) is 22.9. The fourth-order valence-electron chi connectivity index (χ4n) is 2.34. The Bertz CT molecular complexity index is 983. The smallest absolute Gasteiger partial charge is 0.462 e. The first-order valence-corrected chi connectivity index (χ1v) is 9.42. The molecule has 0 unspecified atom stereocenters. The second-order valence-electron chi connectivity index (χ2n) is 6.18. The summed E-state index contributed by atoms with van der Waals surface area (Å²) in [5, 5.41) is 2.82. The maximum absolute atomic E-state index is 13.2. The number of hydrogen-bond donors (Lipinski definition) is 1. The van der Waals surface area contributed by atoms with Crippen LogP contribution in [-0.4, -0.2) is 31.2 Å². The highest BCUT2D eigenvalue weighted by Crippen LogP contribution is 2.45. The Hall–Kier alpha value is -2.45. The van der Waals surface area contributed by atoms with Gasteiger partial charge in [-0.2, -0.15) is 35.8 Å². The van der Waals surface area contributed by atoms with Crippen molar-refractivity contribution in [2.75, 3.05) is 6.79 Å². The van der Waals surface area contributed by atoms with Crippen molar-refractivity contribution < 1.29 is 44.9 Å². The summed E-state index contributed by atoms with van der Waals surface area (Å²) in [7, 11) is 0. The Labute approximate surface area is 184 Å². The first-order valence-electron chi connectivity index (χ1n) is 8.34. The first-order chi connectivity index (χ1) is 14.4. The van der Waals surface area contributed by atoms with Crippen molar-refractivity contribution in [3.8, 4) is 17.2 Å². The number of fused-ring (bicyclic) bond motifs is 1. The number of halogens is 8. The molecule has 3 rings (SSSR count). The maximum Gasteiger partial charge on any atom is 0.462 e. The Morgan fingerprint density at radius 1 is 1.00 bits per heavy atom. The van der Waals surface area contributed by atoms with Crippen molar-refractivity contribution >= 4 is 28.8 Å². The molecule has 0 radical (unpaired) electrons. The lowest BCUT2D eigenvalue weighted by Gasteiger charge is -2.27. The molecule has 1 heterocycles. The topological polar surface area (TPSA) is 52.1 Å². The van der Waals surface area contributed by atoms with Gasteiger partial charge in [0.25, 0.3) is 0 Å². The molecular weight excluding hydrogens is 552 g/mol. The molecular formula is C18H12F7IN2O3. The summed E-state index contributed by atoms with van der Waals surface area (Å²) in [6, 6.07) is 3.89. The lowest BCUT2D eigenvalue weighted by Crippen LogP contribution is -2.58. The summed E-state index contributed by atoms with van der Waals surface area (Å²) >= 11 is 1.88. The first kappa shape index (κ1) is 23.2. The average molecular weight is 564 g/mol. The van der Waals surface area contributed by atoms with Crippen LogP contribution in [0, 0.1) is 3.57 Å². The number of nitrogens with zero attached hydrogens (tertiary/aromatic N) is 1. The van der Waals surface area contributed by atoms with Crippen LogP contribution >= 0.6 is 22.6 Å². The number of hydrazone groups is 1. The molecule has 0 amide bonds. The van der Waals surface area contributed by atoms with Crippen molar-refractivity contribution in [2.45, 2.75) is 24.8 Å². The van der Waals surface area contributed by atoms with Crippen LogP contribution in [0.5, 0.6) is 17.2 Å². The molecule has 1 aliphatic heterocycles. The Kier molecular flexibility index (Phi) is 6.43. The standard InChI is InChI=1S/C18H12F7IN2O3/c19-16(20,17(21,22)23)18(24,25)28-27-7-10-1-3-13(12(26)5-10)29-8-11-2-4-14-15(6-11)31-9-30-14/h1-7,28H,8-9H2/b27-7+. The quantitative estimate of drug-likeness (QED) is 0.163. The third-order valence-corrected chi connectivity index (χ3v) is 4.80. The molecule has 2 aromatic rings. The van der Waals surface area contributed by atoms with E-state index in [9.17, 15) is 30.7 Å². The van der Waals surface area contributed by atoms with E-state index in [4.69, 9.17) is 14.2 Å². The van der Waals surface area contributed by atoms with Crippen molar-refractivity contribution in [1.82, 2.24) is 5.43 Å². The van der Waals surface area contributed by atoms with E-state index < -0.39 is 18.1 Å². The average Bonchev–Trinajstić information content (AvgIpc) is 3.14. The van der Waals surface area contributed by atoms with Gasteiger partial charge in [0, 0.05) is 0 Å². The molecule has 0 saturated carbocycles. The Morgan fingerprint density at radius 2 is 1.71 bits per heavy atom. The zero-order valence-electron chi connectivity index (χ0n) is 15.2. The van der Waals surface area contributed by atoms with Gasteiger partial charge in [-0.1, -0.05) is 6.07 Å². The van der Waals surface area contributed by atoms with Crippen molar-refractivity contribution in [2.24, 2.45) is 5.10 Å². The third kappa shape index (κ3) is 5.07. The number of rotatable bonds is 7. The SMILES string of the molecule is FC(F)(F)C(F)(F)C(F)(F)N/N=C/c1ccc(OCc2ccc3c(c2)OCO3)c(I)c1. The van der Waals surface area contributed by atoms with E-state index in [0.29, 0.717) is 32.5 Å². The van der Waals surface area contributed by atoms with Crippen LogP contribution in [-0.2, 0) is 6.61 Å². The van der Waals surface area contributed by atoms with Crippen molar-refractivity contribution in [3.05, 3.63) is 51.1 Å². The summed E-state index contributed by atoms with van der Waals surface area (Å²) in [5.41, 5.74) is 1.53. The highest BCUT2D eigenvalue weighted by atomic mass is 127. The van der Waals surface area contributed by atoms with Crippen molar-refractivity contribution in [3.63, 3.8) is 0 Å². The van der Waals surface area contributed by atoms with Gasteiger partial charge in [-0.05, 0) is 64.0 Å². The van der Waals surface area contributed by atoms with E-state index in [0.717, 1.165) is 5.56 Å². The third-order valence-electron chi connectivity index (χ3n) is 3.96. The van der Waals surface area contributed by atoms with E-state index in [-0.39, 0.29) is 19.0 Å². The maximum atomic E-state index is 13.2. The van der Waals surface area contributed by atoms with Gasteiger partial charge in [-0.25, -0.2) is 5.43 Å². The van der Waals surface area contributed by atoms with Crippen molar-refractivity contribution in [1.29, 1.82) is 0 Å². The molecule has 1 N–H and O–H groups in total. The number of benzene rings is 2. The summed E-state index contributed by atoms with van der Waals surface area (Å²) in [6.07, 6.45) is -5.75. The molecule has 0 fully saturated rings. The molecule has 0 bridgehead atoms. The summed E-state index contributed by atoms with van der Waals surface area (Å²) in [4.78, 5) is 0. The van der Waals surface area contributed by atoms with Gasteiger partial charge in [-0.15, -0.1) is 0 Å². The van der Waals surface area contributed by atoms with Crippen LogP contribution in [0.3, 0.4) is 0 Å². The van der Waals surface area contributed by atoms with Crippen LogP contribution in [0.25, 0.3) is 0 Å². The summed E-state index contributed by atoms with van der Waals surface area (Å²) in [5.74, 6) is -4.66. The van der Waals surface area contributed by atoms with Gasteiger partial charge in [0.05, 0.1) is 9.78 Å². The number of alkyl halides is 7. The molecule has 0 aromatic heterocycles. The largest absolute Gasteiger partial charge is 0.488 e. The Morgan fingerprint density at radius 3 is 2.39 bits per heavy atom. The highest BCUT2D eigenvalue weighted by molar-refractivity contribution is 14.1. The van der Waals surface area contributed by atoms with Crippen LogP contribution in [0.1, 0.15) is 11.1 Å². The molecule has 168 valence electrons. The minimum absolute atomic E-state index is 0.134. The lowest BCUT2D eigenvalue weighted by molar-refractivity contribution is -0.361. The van der Waals surface area contributed by atoms with Gasteiger partial charge in [0.2, 0.25) is 6.79 Å². The second kappa shape index (κ2) is 8.59. The van der Waals surface area contributed by atoms with E-state index >= 15 is 0 Å². The monoisotopic (exact) mass is 564 g/mol. The fourth-order valence-corrected chi connectivity index (χ4v) is 3.04. The van der Waals surface area contributed by atoms with Crippen LogP contribution in [0.2, 0.25) is 0 Å². The number of hydrogen-bond acceptors (Lipinski definition) is 5. The normalized spacial score (nSPS) is 14.2. The highest BCUT2D eigenvalue weighted by Gasteiger charge is 2.73. The van der Waals surface area contributed by atoms with Gasteiger partial charge < -0.3 is 14.2 Å². The Balaban J connectivity index is 1.61. The predicted octanol–water partition coefficient (Wildman–Crippen LogP) is 5.31. The zero-order valence-corrected chi connectivity index (χ0v) is 17.3. The van der Waals surface area contributed by atoms with Gasteiger partial charge in [-0.3, -0.25) is 0 Å². The lowest BCUT2D eigenvalue weighted by atomic mass is 10.2. The molecule has 0 aliphatic carbocycles. The molecule has 0 atom stereocenters. The molecule has 1 aliphatic rings. The van der Waals surface area contributed by atoms with Crippen LogP contribution in [0.15, 0.2) is 41.5 Å². The van der Waals surface area contributed by atoms with E-state index in [2.05, 4.69) is 5.10 Å². The summed E-state index contributed by atoms with van der Waals surface area (Å²) < 4.78 is 105. The van der Waals surface area contributed by atoms with Gasteiger partial charge >= 0.3 is 18.1 Å². The molecule has 2 aromatic carbocycles. The van der Waals surface area contributed by atoms with E-state index in [1.165, 1.54) is 18.2 Å².